The van der Waals surface area contributed by atoms with Gasteiger partial charge in [0, 0.05) is 23.9 Å². The Hall–Kier alpha value is -2.39. The van der Waals surface area contributed by atoms with Crippen molar-refractivity contribution in [3.05, 3.63) is 41.5 Å². The first-order valence-electron chi connectivity index (χ1n) is 10.3. The fraction of sp³-hybridized carbons (Fsp3) is 0.409. The van der Waals surface area contributed by atoms with E-state index in [4.69, 9.17) is 4.98 Å². The Balaban J connectivity index is 1.85. The lowest BCUT2D eigenvalue weighted by molar-refractivity contribution is 0.0688. The molecule has 6 nitrogen and oxygen atoms in total. The number of carboxylic acid groups (broad SMARTS) is 1. The largest absolute Gasteiger partial charge is 0.476 e. The van der Waals surface area contributed by atoms with Crippen molar-refractivity contribution in [1.82, 2.24) is 14.8 Å². The number of aromatic carboxylic acids is 1. The maximum Gasteiger partial charge on any atom is 0.355 e. The number of nitrogens with zero attached hydrogens (tertiary/aromatic N) is 4. The molecule has 1 unspecified atom stereocenters. The van der Waals surface area contributed by atoms with Crippen molar-refractivity contribution in [2.45, 2.75) is 43.6 Å². The van der Waals surface area contributed by atoms with E-state index in [1.165, 1.54) is 28.2 Å². The smallest absolute Gasteiger partial charge is 0.355 e. The van der Waals surface area contributed by atoms with Crippen LogP contribution in [0.5, 0.6) is 0 Å². The number of halogens is 1. The van der Waals surface area contributed by atoms with Crippen LogP contribution in [0.2, 0.25) is 0 Å². The van der Waals surface area contributed by atoms with Crippen molar-refractivity contribution in [1.29, 1.82) is 0 Å². The van der Waals surface area contributed by atoms with Gasteiger partial charge in [-0.1, -0.05) is 44.2 Å². The molecular formula is C22H25FN4O2S2. The van der Waals surface area contributed by atoms with Crippen LogP contribution in [0.25, 0.3) is 16.3 Å². The Morgan fingerprint density at radius 1 is 1.39 bits per heavy atom. The molecule has 0 spiro atoms. The normalized spacial score (nSPS) is 16.5. The second kappa shape index (κ2) is 8.63. The van der Waals surface area contributed by atoms with Gasteiger partial charge < -0.3 is 10.0 Å². The molecule has 3 aromatic rings. The number of aryl methyl sites for hydroxylation is 1. The number of thioether (sulfide) groups is 1. The number of carbonyl (C=O) groups is 1. The molecule has 3 heterocycles. The highest BCUT2D eigenvalue weighted by Crippen LogP contribution is 2.41. The second-order valence-corrected chi connectivity index (χ2v) is 11.0. The van der Waals surface area contributed by atoms with E-state index in [1.807, 2.05) is 0 Å². The van der Waals surface area contributed by atoms with Gasteiger partial charge in [-0.25, -0.2) is 9.18 Å². The van der Waals surface area contributed by atoms with Gasteiger partial charge in [0.15, 0.2) is 11.5 Å². The predicted octanol–water partition coefficient (Wildman–Crippen LogP) is 5.49. The quantitative estimate of drug-likeness (QED) is 0.491. The first kappa shape index (κ1) is 21.8. The van der Waals surface area contributed by atoms with E-state index in [1.54, 1.807) is 30.8 Å². The SMILES string of the molecule is Cc1nn(-c2nc(N3CCC(C)C3)c(SC(C)C)s2)c(C(=O)O)c1-c1cccc(F)c1. The Labute approximate surface area is 189 Å². The Kier molecular flexibility index (Phi) is 6.07. The molecule has 9 heteroatoms. The summed E-state index contributed by atoms with van der Waals surface area (Å²) in [4.78, 5) is 19.4. The van der Waals surface area contributed by atoms with Gasteiger partial charge in [-0.05, 0) is 37.0 Å². The molecule has 1 fully saturated rings. The van der Waals surface area contributed by atoms with Gasteiger partial charge in [0.25, 0.3) is 0 Å². The zero-order chi connectivity index (χ0) is 22.3. The van der Waals surface area contributed by atoms with Crippen molar-refractivity contribution in [3.63, 3.8) is 0 Å². The fourth-order valence-electron chi connectivity index (χ4n) is 3.85. The van der Waals surface area contributed by atoms with Gasteiger partial charge in [0.05, 0.1) is 5.69 Å². The van der Waals surface area contributed by atoms with Crippen LogP contribution in [-0.2, 0) is 0 Å². The summed E-state index contributed by atoms with van der Waals surface area (Å²) < 4.78 is 16.3. The maximum absolute atomic E-state index is 13.8. The van der Waals surface area contributed by atoms with Crippen LogP contribution in [0, 0.1) is 18.7 Å². The number of aromatic nitrogens is 3. The van der Waals surface area contributed by atoms with E-state index in [9.17, 15) is 14.3 Å². The monoisotopic (exact) mass is 460 g/mol. The molecule has 0 aliphatic carbocycles. The number of benzene rings is 1. The van der Waals surface area contributed by atoms with E-state index in [0.717, 1.165) is 29.5 Å². The molecule has 0 radical (unpaired) electrons. The summed E-state index contributed by atoms with van der Waals surface area (Å²) in [5, 5.41) is 15.4. The highest BCUT2D eigenvalue weighted by molar-refractivity contribution is 8.01. The zero-order valence-corrected chi connectivity index (χ0v) is 19.6. The molecule has 0 amide bonds. The van der Waals surface area contributed by atoms with Crippen molar-refractivity contribution in [3.8, 4) is 16.3 Å². The zero-order valence-electron chi connectivity index (χ0n) is 17.9. The van der Waals surface area contributed by atoms with Crippen molar-refractivity contribution >= 4 is 34.9 Å². The van der Waals surface area contributed by atoms with Crippen molar-refractivity contribution < 1.29 is 14.3 Å². The summed E-state index contributed by atoms with van der Waals surface area (Å²) in [6.45, 7) is 10.1. The van der Waals surface area contributed by atoms with Crippen LogP contribution in [0.1, 0.15) is 43.4 Å². The third kappa shape index (κ3) is 4.34. The minimum Gasteiger partial charge on any atom is -0.476 e. The lowest BCUT2D eigenvalue weighted by Gasteiger charge is -2.17. The highest BCUT2D eigenvalue weighted by atomic mass is 32.2. The molecule has 0 saturated carbocycles. The number of hydrogen-bond donors (Lipinski definition) is 1. The fourth-order valence-corrected chi connectivity index (χ4v) is 6.33. The number of hydrogen-bond acceptors (Lipinski definition) is 6. The molecule has 1 aromatic carbocycles. The first-order valence-corrected chi connectivity index (χ1v) is 12.0. The highest BCUT2D eigenvalue weighted by Gasteiger charge is 2.29. The van der Waals surface area contributed by atoms with Crippen LogP contribution in [0.15, 0.2) is 28.5 Å². The third-order valence-electron chi connectivity index (χ3n) is 5.19. The minimum absolute atomic E-state index is 0.000660. The number of rotatable bonds is 6. The summed E-state index contributed by atoms with van der Waals surface area (Å²) in [5.41, 5.74) is 1.42. The van der Waals surface area contributed by atoms with Gasteiger partial charge in [0.1, 0.15) is 10.0 Å². The maximum atomic E-state index is 13.8. The molecule has 4 rings (SSSR count). The van der Waals surface area contributed by atoms with Gasteiger partial charge in [0.2, 0.25) is 5.13 Å². The van der Waals surface area contributed by atoms with Crippen molar-refractivity contribution in [2.75, 3.05) is 18.0 Å². The van der Waals surface area contributed by atoms with E-state index >= 15 is 0 Å². The Morgan fingerprint density at radius 2 is 2.16 bits per heavy atom. The van der Waals surface area contributed by atoms with E-state index < -0.39 is 11.8 Å². The Morgan fingerprint density at radius 3 is 2.77 bits per heavy atom. The summed E-state index contributed by atoms with van der Waals surface area (Å²) in [6.07, 6.45) is 1.11. The van der Waals surface area contributed by atoms with Gasteiger partial charge >= 0.3 is 5.97 Å². The summed E-state index contributed by atoms with van der Waals surface area (Å²) in [5.74, 6) is -0.0382. The standard InChI is InChI=1S/C22H25FN4O2S2/c1-12(2)30-21-19(26-9-8-13(3)11-26)24-22(31-21)27-18(20(28)29)17(14(4)25-27)15-6-5-7-16(23)10-15/h5-7,10,12-13H,8-9,11H2,1-4H3,(H,28,29). The Bertz CT molecular complexity index is 1120. The van der Waals surface area contributed by atoms with Gasteiger partial charge in [-0.2, -0.15) is 14.8 Å². The summed E-state index contributed by atoms with van der Waals surface area (Å²) in [7, 11) is 0. The van der Waals surface area contributed by atoms with Crippen LogP contribution in [0.4, 0.5) is 10.2 Å². The molecule has 164 valence electrons. The number of carboxylic acids is 1. The average molecular weight is 461 g/mol. The van der Waals surface area contributed by atoms with E-state index in [2.05, 4.69) is 30.8 Å². The van der Waals surface area contributed by atoms with E-state index in [0.29, 0.717) is 33.1 Å². The molecule has 31 heavy (non-hydrogen) atoms. The van der Waals surface area contributed by atoms with Crippen LogP contribution < -0.4 is 4.90 Å². The van der Waals surface area contributed by atoms with Crippen molar-refractivity contribution in [2.24, 2.45) is 5.92 Å². The van der Waals surface area contributed by atoms with Gasteiger partial charge in [-0.3, -0.25) is 0 Å². The van der Waals surface area contributed by atoms with Gasteiger partial charge in [-0.15, -0.1) is 11.8 Å². The van der Waals surface area contributed by atoms with E-state index in [-0.39, 0.29) is 5.69 Å². The molecule has 1 N–H and O–H groups in total. The minimum atomic E-state index is -1.12. The molecule has 0 bridgehead atoms. The lowest BCUT2D eigenvalue weighted by Crippen LogP contribution is -2.20. The summed E-state index contributed by atoms with van der Waals surface area (Å²) >= 11 is 3.18. The average Bonchev–Trinajstić information content (AvgIpc) is 3.38. The third-order valence-corrected chi connectivity index (χ3v) is 7.41. The predicted molar refractivity (Wildman–Crippen MR) is 123 cm³/mol. The lowest BCUT2D eigenvalue weighted by atomic mass is 10.0. The molecular weight excluding hydrogens is 435 g/mol. The second-order valence-electron chi connectivity index (χ2n) is 8.15. The molecule has 1 aliphatic rings. The van der Waals surface area contributed by atoms with Crippen LogP contribution in [0.3, 0.4) is 0 Å². The number of anilines is 1. The molecule has 1 aliphatic heterocycles. The molecule has 2 aromatic heterocycles. The number of thiazole rings is 1. The first-order chi connectivity index (χ1) is 14.7. The van der Waals surface area contributed by atoms with Crippen LogP contribution in [-0.4, -0.2) is 44.2 Å². The topological polar surface area (TPSA) is 71.2 Å². The molecule has 1 atom stereocenters. The molecule has 1 saturated heterocycles. The van der Waals surface area contributed by atoms with Crippen LogP contribution >= 0.6 is 23.1 Å². The summed E-state index contributed by atoms with van der Waals surface area (Å²) in [6, 6.07) is 5.94.